The number of nitrogens with one attached hydrogen (secondary N) is 1. The standard InChI is InChI=1S/C21H27N5O2/c27-20(18-6-4-11-26(15-18)21(28)25-9-1-2-10-25)23-19-7-3-5-17(13-19)14-24-12-8-22-16-24/h3,5,7-8,12-13,16,18H,1-2,4,6,9-11,14-15H2,(H,23,27)/t18-/m0/s1. The first-order chi connectivity index (χ1) is 13.7. The summed E-state index contributed by atoms with van der Waals surface area (Å²) in [6.45, 7) is 3.66. The van der Waals surface area contributed by atoms with Gasteiger partial charge in [0.2, 0.25) is 5.91 Å². The van der Waals surface area contributed by atoms with Crippen molar-refractivity contribution in [1.82, 2.24) is 19.4 Å². The number of carbonyl (C=O) groups excluding carboxylic acids is 2. The van der Waals surface area contributed by atoms with Gasteiger partial charge in [-0.3, -0.25) is 4.79 Å². The van der Waals surface area contributed by atoms with Gasteiger partial charge in [0.1, 0.15) is 0 Å². The highest BCUT2D eigenvalue weighted by Crippen LogP contribution is 2.22. The van der Waals surface area contributed by atoms with Gasteiger partial charge in [-0.25, -0.2) is 9.78 Å². The van der Waals surface area contributed by atoms with Crippen molar-refractivity contribution in [1.29, 1.82) is 0 Å². The van der Waals surface area contributed by atoms with Gasteiger partial charge >= 0.3 is 6.03 Å². The number of hydrogen-bond acceptors (Lipinski definition) is 3. The number of carbonyl (C=O) groups is 2. The van der Waals surface area contributed by atoms with E-state index in [1.165, 1.54) is 0 Å². The van der Waals surface area contributed by atoms with Crippen molar-refractivity contribution < 1.29 is 9.59 Å². The number of hydrogen-bond donors (Lipinski definition) is 1. The van der Waals surface area contributed by atoms with Crippen LogP contribution < -0.4 is 5.32 Å². The molecule has 0 bridgehead atoms. The normalized spacial score (nSPS) is 19.6. The van der Waals surface area contributed by atoms with Gasteiger partial charge in [-0.2, -0.15) is 0 Å². The minimum absolute atomic E-state index is 0.00120. The van der Waals surface area contributed by atoms with Gasteiger partial charge in [-0.15, -0.1) is 0 Å². The Kier molecular flexibility index (Phi) is 5.60. The predicted octanol–water partition coefficient (Wildman–Crippen LogP) is 2.80. The molecule has 1 N–H and O–H groups in total. The van der Waals surface area contributed by atoms with Gasteiger partial charge in [0.15, 0.2) is 0 Å². The summed E-state index contributed by atoms with van der Waals surface area (Å²) in [5, 5.41) is 3.05. The lowest BCUT2D eigenvalue weighted by Gasteiger charge is -2.34. The van der Waals surface area contributed by atoms with E-state index in [1.54, 1.807) is 12.5 Å². The van der Waals surface area contributed by atoms with Gasteiger partial charge in [0.25, 0.3) is 0 Å². The SMILES string of the molecule is O=C(Nc1cccc(Cn2ccnc2)c1)[C@H]1CCCN(C(=O)N2CCCC2)C1. The molecule has 2 aliphatic rings. The first-order valence-corrected chi connectivity index (χ1v) is 10.1. The number of likely N-dealkylation sites (tertiary alicyclic amines) is 2. The van der Waals surface area contributed by atoms with Crippen molar-refractivity contribution in [3.05, 3.63) is 48.5 Å². The fraction of sp³-hybridized carbons (Fsp3) is 0.476. The van der Waals surface area contributed by atoms with Gasteiger partial charge in [-0.05, 0) is 43.4 Å². The molecule has 0 unspecified atom stereocenters. The Balaban J connectivity index is 1.35. The number of urea groups is 1. The summed E-state index contributed by atoms with van der Waals surface area (Å²) in [6.07, 6.45) is 9.31. The van der Waals surface area contributed by atoms with Crippen LogP contribution in [-0.2, 0) is 11.3 Å². The van der Waals surface area contributed by atoms with E-state index >= 15 is 0 Å². The van der Waals surface area contributed by atoms with Crippen molar-refractivity contribution in [2.75, 3.05) is 31.5 Å². The van der Waals surface area contributed by atoms with Crippen LogP contribution in [0.25, 0.3) is 0 Å². The molecule has 1 aromatic heterocycles. The molecular formula is C21H27N5O2. The zero-order valence-electron chi connectivity index (χ0n) is 16.1. The molecule has 1 atom stereocenters. The van der Waals surface area contributed by atoms with E-state index in [1.807, 2.05) is 44.8 Å². The van der Waals surface area contributed by atoms with Crippen molar-refractivity contribution in [2.45, 2.75) is 32.2 Å². The number of amides is 3. The average molecular weight is 381 g/mol. The Morgan fingerprint density at radius 1 is 1.11 bits per heavy atom. The molecule has 3 amide bonds. The summed E-state index contributed by atoms with van der Waals surface area (Å²) in [6, 6.07) is 7.98. The predicted molar refractivity (Wildman–Crippen MR) is 107 cm³/mol. The Labute approximate surface area is 165 Å². The zero-order valence-corrected chi connectivity index (χ0v) is 16.1. The smallest absolute Gasteiger partial charge is 0.320 e. The van der Waals surface area contributed by atoms with Crippen molar-refractivity contribution in [2.24, 2.45) is 5.92 Å². The van der Waals surface area contributed by atoms with E-state index in [0.29, 0.717) is 13.1 Å². The van der Waals surface area contributed by atoms with Crippen LogP contribution in [0.5, 0.6) is 0 Å². The second kappa shape index (κ2) is 8.46. The molecule has 7 heteroatoms. The molecule has 7 nitrogen and oxygen atoms in total. The van der Waals surface area contributed by atoms with E-state index in [4.69, 9.17) is 0 Å². The lowest BCUT2D eigenvalue weighted by molar-refractivity contribution is -0.121. The van der Waals surface area contributed by atoms with Crippen LogP contribution in [0.3, 0.4) is 0 Å². The maximum atomic E-state index is 12.8. The summed E-state index contributed by atoms with van der Waals surface area (Å²) < 4.78 is 1.99. The average Bonchev–Trinajstić information content (AvgIpc) is 3.42. The third kappa shape index (κ3) is 4.35. The minimum atomic E-state index is -0.155. The molecule has 0 saturated carbocycles. The van der Waals surface area contributed by atoms with E-state index < -0.39 is 0 Å². The van der Waals surface area contributed by atoms with Gasteiger partial charge in [0.05, 0.1) is 12.2 Å². The van der Waals surface area contributed by atoms with Gasteiger partial charge in [-0.1, -0.05) is 12.1 Å². The molecule has 148 valence electrons. The van der Waals surface area contributed by atoms with E-state index in [-0.39, 0.29) is 17.9 Å². The van der Waals surface area contributed by atoms with Gasteiger partial charge < -0.3 is 19.7 Å². The second-order valence-corrected chi connectivity index (χ2v) is 7.69. The van der Waals surface area contributed by atoms with Crippen LogP contribution >= 0.6 is 0 Å². The van der Waals surface area contributed by atoms with Crippen LogP contribution in [0.4, 0.5) is 10.5 Å². The molecule has 0 radical (unpaired) electrons. The van der Waals surface area contributed by atoms with Crippen molar-refractivity contribution >= 4 is 17.6 Å². The second-order valence-electron chi connectivity index (χ2n) is 7.69. The molecule has 0 aliphatic carbocycles. The first-order valence-electron chi connectivity index (χ1n) is 10.1. The summed E-state index contributed by atoms with van der Waals surface area (Å²) in [4.78, 5) is 33.3. The Morgan fingerprint density at radius 2 is 1.93 bits per heavy atom. The van der Waals surface area contributed by atoms with E-state index in [0.717, 1.165) is 56.6 Å². The van der Waals surface area contributed by atoms with Crippen LogP contribution in [-0.4, -0.2) is 57.5 Å². The van der Waals surface area contributed by atoms with Crippen molar-refractivity contribution in [3.8, 4) is 0 Å². The fourth-order valence-corrected chi connectivity index (χ4v) is 4.06. The maximum absolute atomic E-state index is 12.8. The zero-order chi connectivity index (χ0) is 19.3. The summed E-state index contributed by atoms with van der Waals surface area (Å²) >= 11 is 0. The quantitative estimate of drug-likeness (QED) is 0.885. The molecule has 2 aliphatic heterocycles. The van der Waals surface area contributed by atoms with Crippen LogP contribution in [0.1, 0.15) is 31.2 Å². The fourth-order valence-electron chi connectivity index (χ4n) is 4.06. The largest absolute Gasteiger partial charge is 0.333 e. The molecule has 0 spiro atoms. The number of piperidine rings is 1. The lowest BCUT2D eigenvalue weighted by atomic mass is 9.97. The molecule has 28 heavy (non-hydrogen) atoms. The topological polar surface area (TPSA) is 70.5 Å². The summed E-state index contributed by atoms with van der Waals surface area (Å²) in [5.41, 5.74) is 1.90. The molecule has 1 aromatic carbocycles. The summed E-state index contributed by atoms with van der Waals surface area (Å²) in [5.74, 6) is -0.156. The van der Waals surface area contributed by atoms with E-state index in [2.05, 4.69) is 10.3 Å². The molecule has 2 saturated heterocycles. The third-order valence-electron chi connectivity index (χ3n) is 5.56. The highest BCUT2D eigenvalue weighted by atomic mass is 16.2. The lowest BCUT2D eigenvalue weighted by Crippen LogP contribution is -2.48. The number of rotatable bonds is 4. The monoisotopic (exact) mass is 381 g/mol. The van der Waals surface area contributed by atoms with Crippen LogP contribution in [0.15, 0.2) is 43.0 Å². The number of benzene rings is 1. The number of anilines is 1. The van der Waals surface area contributed by atoms with E-state index in [9.17, 15) is 9.59 Å². The Morgan fingerprint density at radius 3 is 2.71 bits per heavy atom. The number of nitrogens with zero attached hydrogens (tertiary/aromatic N) is 4. The number of imidazole rings is 1. The van der Waals surface area contributed by atoms with Crippen molar-refractivity contribution in [3.63, 3.8) is 0 Å². The molecular weight excluding hydrogens is 354 g/mol. The highest BCUT2D eigenvalue weighted by molar-refractivity contribution is 5.93. The Bertz CT molecular complexity index is 814. The number of aromatic nitrogens is 2. The van der Waals surface area contributed by atoms with Crippen LogP contribution in [0, 0.1) is 5.92 Å². The van der Waals surface area contributed by atoms with Crippen LogP contribution in [0.2, 0.25) is 0 Å². The summed E-state index contributed by atoms with van der Waals surface area (Å²) in [7, 11) is 0. The first kappa shape index (κ1) is 18.5. The molecule has 2 fully saturated rings. The third-order valence-corrected chi connectivity index (χ3v) is 5.56. The highest BCUT2D eigenvalue weighted by Gasteiger charge is 2.31. The maximum Gasteiger partial charge on any atom is 0.320 e. The molecule has 3 heterocycles. The Hall–Kier alpha value is -2.83. The van der Waals surface area contributed by atoms with Gasteiger partial charge in [0, 0.05) is 50.8 Å². The minimum Gasteiger partial charge on any atom is -0.333 e. The molecule has 2 aromatic rings. The molecule has 4 rings (SSSR count).